The fourth-order valence-corrected chi connectivity index (χ4v) is 3.18. The molecule has 1 aliphatic heterocycles. The van der Waals surface area contributed by atoms with E-state index in [-0.39, 0.29) is 18.1 Å². The lowest BCUT2D eigenvalue weighted by molar-refractivity contribution is -0.115. The lowest BCUT2D eigenvalue weighted by atomic mass is 10.0. The highest BCUT2D eigenvalue weighted by molar-refractivity contribution is 6.21. The first kappa shape index (κ1) is 19.9. The van der Waals surface area contributed by atoms with Crippen LogP contribution in [0, 0.1) is 18.3 Å². The number of ketones is 1. The summed E-state index contributed by atoms with van der Waals surface area (Å²) in [6.45, 7) is 2.38. The van der Waals surface area contributed by atoms with E-state index in [4.69, 9.17) is 5.26 Å². The smallest absolute Gasteiger partial charge is 0.247 e. The number of hydrogen-bond donors (Lipinski definition) is 1. The van der Waals surface area contributed by atoms with E-state index in [0.717, 1.165) is 11.1 Å². The van der Waals surface area contributed by atoms with Gasteiger partial charge in [-0.2, -0.15) is 20.6 Å². The summed E-state index contributed by atoms with van der Waals surface area (Å²) in [6.07, 6.45) is 6.21. The summed E-state index contributed by atoms with van der Waals surface area (Å²) in [4.78, 5) is 24.1. The van der Waals surface area contributed by atoms with Crippen LogP contribution < -0.4 is 5.32 Å². The zero-order valence-electron chi connectivity index (χ0n) is 16.7. The first-order chi connectivity index (χ1) is 15.0. The molecule has 0 spiro atoms. The van der Waals surface area contributed by atoms with Gasteiger partial charge in [0.1, 0.15) is 0 Å². The molecule has 1 aromatic carbocycles. The molecule has 0 fully saturated rings. The van der Waals surface area contributed by atoms with Crippen LogP contribution in [-0.2, 0) is 16.1 Å². The van der Waals surface area contributed by atoms with Gasteiger partial charge in [-0.05, 0) is 42.8 Å². The SMILES string of the molecule is Cc1nnc(/C2=C/NC(=O)/C=C/CC2=O)cc1-c1ccn(Cc2ccc(C#N)cc2)n1. The molecule has 152 valence electrons. The highest BCUT2D eigenvalue weighted by Gasteiger charge is 2.18. The van der Waals surface area contributed by atoms with Crippen LogP contribution in [0.4, 0.5) is 0 Å². The van der Waals surface area contributed by atoms with Crippen LogP contribution in [-0.4, -0.2) is 31.7 Å². The molecule has 1 N–H and O–H groups in total. The molecule has 1 aliphatic rings. The number of hydrogen-bond acceptors (Lipinski definition) is 6. The van der Waals surface area contributed by atoms with Crippen LogP contribution >= 0.6 is 0 Å². The van der Waals surface area contributed by atoms with Crippen molar-refractivity contribution in [2.24, 2.45) is 0 Å². The molecular weight excluding hydrogens is 392 g/mol. The van der Waals surface area contributed by atoms with Crippen molar-refractivity contribution in [2.45, 2.75) is 19.9 Å². The van der Waals surface area contributed by atoms with E-state index in [1.165, 1.54) is 18.4 Å². The Morgan fingerprint density at radius 1 is 1.13 bits per heavy atom. The molecule has 31 heavy (non-hydrogen) atoms. The minimum absolute atomic E-state index is 0.114. The number of carbonyl (C=O) groups excluding carboxylic acids is 2. The molecule has 0 aliphatic carbocycles. The third-order valence-corrected chi connectivity index (χ3v) is 4.83. The predicted octanol–water partition coefficient (Wildman–Crippen LogP) is 2.55. The second-order valence-corrected chi connectivity index (χ2v) is 7.03. The molecule has 0 bridgehead atoms. The molecule has 8 nitrogen and oxygen atoms in total. The number of aromatic nitrogens is 4. The number of benzene rings is 1. The number of allylic oxidation sites excluding steroid dienone is 2. The quantitative estimate of drug-likeness (QED) is 0.707. The standard InChI is InChI=1S/C23H18N6O2/c1-15-18(11-21(27-26-15)19-13-25-23(31)4-2-3-22(19)30)20-9-10-29(28-20)14-17-7-5-16(12-24)6-8-17/h2,4-11,13H,3,14H2,1H3,(H,25,31)/b4-2+,19-13-. The van der Waals surface area contributed by atoms with Crippen molar-refractivity contribution >= 4 is 17.3 Å². The number of nitrogens with one attached hydrogen (secondary N) is 1. The van der Waals surface area contributed by atoms with Crippen molar-refractivity contribution in [3.63, 3.8) is 0 Å². The zero-order chi connectivity index (χ0) is 21.8. The van der Waals surface area contributed by atoms with Crippen LogP contribution in [0.3, 0.4) is 0 Å². The van der Waals surface area contributed by atoms with Gasteiger partial charge in [-0.3, -0.25) is 14.3 Å². The second kappa shape index (κ2) is 8.55. The average molecular weight is 410 g/mol. The molecule has 0 radical (unpaired) electrons. The molecule has 4 rings (SSSR count). The van der Waals surface area contributed by atoms with Crippen molar-refractivity contribution in [1.82, 2.24) is 25.3 Å². The van der Waals surface area contributed by atoms with Crippen molar-refractivity contribution in [3.05, 3.63) is 83.5 Å². The summed E-state index contributed by atoms with van der Waals surface area (Å²) < 4.78 is 1.79. The Hall–Kier alpha value is -4.38. The van der Waals surface area contributed by atoms with Gasteiger partial charge in [-0.1, -0.05) is 18.2 Å². The molecular formula is C23H18N6O2. The van der Waals surface area contributed by atoms with Crippen LogP contribution in [0.1, 0.15) is 28.9 Å². The highest BCUT2D eigenvalue weighted by Crippen LogP contribution is 2.24. The number of nitrogens with zero attached hydrogens (tertiary/aromatic N) is 5. The number of aryl methyl sites for hydroxylation is 1. The maximum absolute atomic E-state index is 12.5. The van der Waals surface area contributed by atoms with Gasteiger partial charge >= 0.3 is 0 Å². The van der Waals surface area contributed by atoms with Crippen LogP contribution in [0.2, 0.25) is 0 Å². The van der Waals surface area contributed by atoms with Crippen molar-refractivity contribution in [3.8, 4) is 17.3 Å². The van der Waals surface area contributed by atoms with Crippen LogP contribution in [0.15, 0.2) is 60.9 Å². The van der Waals surface area contributed by atoms with E-state index in [2.05, 4.69) is 26.7 Å². The van der Waals surface area contributed by atoms with Gasteiger partial charge < -0.3 is 5.32 Å². The van der Waals surface area contributed by atoms with Crippen molar-refractivity contribution in [1.29, 1.82) is 5.26 Å². The number of carbonyl (C=O) groups is 2. The Morgan fingerprint density at radius 3 is 2.71 bits per heavy atom. The van der Waals surface area contributed by atoms with Gasteiger partial charge in [0, 0.05) is 24.4 Å². The van der Waals surface area contributed by atoms with Gasteiger partial charge in [-0.25, -0.2) is 0 Å². The van der Waals surface area contributed by atoms with Crippen molar-refractivity contribution in [2.75, 3.05) is 0 Å². The zero-order valence-corrected chi connectivity index (χ0v) is 16.7. The molecule has 0 saturated heterocycles. The van der Waals surface area contributed by atoms with Gasteiger partial charge in [0.2, 0.25) is 5.91 Å². The maximum atomic E-state index is 12.5. The maximum Gasteiger partial charge on any atom is 0.247 e. The first-order valence-electron chi connectivity index (χ1n) is 9.61. The summed E-state index contributed by atoms with van der Waals surface area (Å²) in [6, 6.07) is 13.1. The Labute approximate surface area is 178 Å². The molecule has 1 amide bonds. The van der Waals surface area contributed by atoms with E-state index in [9.17, 15) is 9.59 Å². The normalized spacial score (nSPS) is 16.5. The molecule has 0 atom stereocenters. The summed E-state index contributed by atoms with van der Waals surface area (Å²) >= 11 is 0. The Morgan fingerprint density at radius 2 is 1.94 bits per heavy atom. The largest absolute Gasteiger partial charge is 0.328 e. The molecule has 2 aromatic heterocycles. The van der Waals surface area contributed by atoms with E-state index in [1.807, 2.05) is 31.3 Å². The summed E-state index contributed by atoms with van der Waals surface area (Å²) in [5.74, 6) is -0.460. The van der Waals surface area contributed by atoms with Gasteiger partial charge in [0.05, 0.1) is 40.8 Å². The van der Waals surface area contributed by atoms with Gasteiger partial charge in [0.25, 0.3) is 0 Å². The van der Waals surface area contributed by atoms with Crippen LogP contribution in [0.5, 0.6) is 0 Å². The fourth-order valence-electron chi connectivity index (χ4n) is 3.18. The Bertz CT molecular complexity index is 1260. The average Bonchev–Trinajstić information content (AvgIpc) is 3.22. The van der Waals surface area contributed by atoms with E-state index >= 15 is 0 Å². The van der Waals surface area contributed by atoms with Crippen molar-refractivity contribution < 1.29 is 9.59 Å². The van der Waals surface area contributed by atoms with E-state index in [0.29, 0.717) is 34.8 Å². The molecule has 3 aromatic rings. The lowest BCUT2D eigenvalue weighted by Crippen LogP contribution is -2.19. The second-order valence-electron chi connectivity index (χ2n) is 7.03. The lowest BCUT2D eigenvalue weighted by Gasteiger charge is -2.09. The first-order valence-corrected chi connectivity index (χ1v) is 9.61. The van der Waals surface area contributed by atoms with E-state index in [1.54, 1.807) is 22.9 Å². The predicted molar refractivity (Wildman–Crippen MR) is 113 cm³/mol. The number of Topliss-reactive ketones (excluding diaryl/α,β-unsaturated/α-hetero) is 1. The number of rotatable bonds is 4. The minimum Gasteiger partial charge on any atom is -0.328 e. The Kier molecular flexibility index (Phi) is 5.49. The van der Waals surface area contributed by atoms with Gasteiger partial charge in [0.15, 0.2) is 5.78 Å². The molecule has 0 unspecified atom stereocenters. The fraction of sp³-hybridized carbons (Fsp3) is 0.130. The number of nitriles is 1. The molecule has 3 heterocycles. The topological polar surface area (TPSA) is 114 Å². The summed E-state index contributed by atoms with van der Waals surface area (Å²) in [7, 11) is 0. The highest BCUT2D eigenvalue weighted by atomic mass is 16.1. The van der Waals surface area contributed by atoms with E-state index < -0.39 is 0 Å². The Balaban J connectivity index is 1.61. The number of amides is 1. The summed E-state index contributed by atoms with van der Waals surface area (Å²) in [5, 5.41) is 24.5. The third kappa shape index (κ3) is 4.46. The van der Waals surface area contributed by atoms with Crippen LogP contribution in [0.25, 0.3) is 16.8 Å². The monoisotopic (exact) mass is 410 g/mol. The summed E-state index contributed by atoms with van der Waals surface area (Å²) in [5.41, 5.74) is 4.43. The molecule has 8 heteroatoms. The van der Waals surface area contributed by atoms with Gasteiger partial charge in [-0.15, -0.1) is 0 Å². The minimum atomic E-state index is -0.299. The molecule has 0 saturated carbocycles. The third-order valence-electron chi connectivity index (χ3n) is 4.83.